The summed E-state index contributed by atoms with van der Waals surface area (Å²) in [6.07, 6.45) is 0. The normalized spacial score (nSPS) is 12.6. The molecule has 10 rings (SSSR count). The molecule has 0 saturated carbocycles. The quantitative estimate of drug-likeness (QED) is 0.154. The number of nitrogens with zero attached hydrogens (tertiary/aromatic N) is 2. The highest BCUT2D eigenvalue weighted by Gasteiger charge is 2.34. The number of rotatable bonds is 8. The lowest BCUT2D eigenvalue weighted by Gasteiger charge is -2.33. The molecule has 1 aliphatic rings. The molecule has 0 radical (unpaired) electrons. The number of para-hydroxylation sites is 2. The van der Waals surface area contributed by atoms with E-state index in [1.54, 1.807) is 24.3 Å². The Labute approximate surface area is 345 Å². The van der Waals surface area contributed by atoms with E-state index in [4.69, 9.17) is 0 Å². The van der Waals surface area contributed by atoms with Gasteiger partial charge in [0.2, 0.25) is 9.84 Å². The van der Waals surface area contributed by atoms with Crippen LogP contribution < -0.4 is 9.80 Å². The van der Waals surface area contributed by atoms with Gasteiger partial charge in [0.05, 0.1) is 21.2 Å². The highest BCUT2D eigenvalue weighted by Crippen LogP contribution is 2.48. The van der Waals surface area contributed by atoms with Crippen LogP contribution in [0.1, 0.15) is 0 Å². The van der Waals surface area contributed by atoms with Gasteiger partial charge >= 0.3 is 0 Å². The molecule has 0 spiro atoms. The van der Waals surface area contributed by atoms with E-state index < -0.39 is 9.84 Å². The maximum atomic E-state index is 13.7. The molecule has 0 unspecified atom stereocenters. The molecule has 0 aliphatic carbocycles. The Morgan fingerprint density at radius 3 is 1.31 bits per heavy atom. The van der Waals surface area contributed by atoms with Crippen molar-refractivity contribution in [3.05, 3.63) is 231 Å². The first-order chi connectivity index (χ1) is 29.0. The van der Waals surface area contributed by atoms with E-state index in [0.29, 0.717) is 21.2 Å². The summed E-state index contributed by atoms with van der Waals surface area (Å²) in [6, 6.07) is 78.6. The van der Waals surface area contributed by atoms with E-state index in [9.17, 15) is 8.42 Å². The first-order valence-electron chi connectivity index (χ1n) is 19.7. The van der Waals surface area contributed by atoms with Crippen LogP contribution >= 0.6 is 0 Å². The second kappa shape index (κ2) is 15.1. The van der Waals surface area contributed by atoms with Gasteiger partial charge in [0.1, 0.15) is 0 Å². The van der Waals surface area contributed by atoms with Crippen molar-refractivity contribution in [2.45, 2.75) is 9.79 Å². The van der Waals surface area contributed by atoms with E-state index in [-0.39, 0.29) is 0 Å². The lowest BCUT2D eigenvalue weighted by Crippen LogP contribution is -2.22. The maximum absolute atomic E-state index is 13.7. The minimum absolute atomic E-state index is 0.303. The average molecular weight is 779 g/mol. The number of fused-ring (bicyclic) bond motifs is 2. The van der Waals surface area contributed by atoms with Gasteiger partial charge in [0, 0.05) is 22.7 Å². The van der Waals surface area contributed by atoms with E-state index >= 15 is 0 Å². The zero-order chi connectivity index (χ0) is 39.8. The maximum Gasteiger partial charge on any atom is 0.210 e. The summed E-state index contributed by atoms with van der Waals surface area (Å²) in [7, 11) is -3.66. The summed E-state index contributed by atoms with van der Waals surface area (Å²) in [4.78, 5) is 4.97. The van der Waals surface area contributed by atoms with Crippen molar-refractivity contribution < 1.29 is 8.42 Å². The highest BCUT2D eigenvalue weighted by molar-refractivity contribution is 7.92. The molecule has 4 nitrogen and oxygen atoms in total. The van der Waals surface area contributed by atoms with Crippen molar-refractivity contribution in [2.24, 2.45) is 0 Å². The lowest BCUT2D eigenvalue weighted by molar-refractivity contribution is 0.595. The highest BCUT2D eigenvalue weighted by atomic mass is 32.2. The third kappa shape index (κ3) is 6.67. The largest absolute Gasteiger partial charge is 0.310 e. The zero-order valence-corrected chi connectivity index (χ0v) is 32.9. The summed E-state index contributed by atoms with van der Waals surface area (Å²) < 4.78 is 27.4. The van der Waals surface area contributed by atoms with E-state index in [1.165, 1.54) is 16.7 Å². The van der Waals surface area contributed by atoms with Crippen LogP contribution in [0.25, 0.3) is 44.5 Å². The van der Waals surface area contributed by atoms with Gasteiger partial charge in [-0.15, -0.1) is 0 Å². The fourth-order valence-corrected chi connectivity index (χ4v) is 9.79. The lowest BCUT2D eigenvalue weighted by atomic mass is 9.93. The Morgan fingerprint density at radius 2 is 0.746 bits per heavy atom. The van der Waals surface area contributed by atoms with Crippen molar-refractivity contribution in [2.75, 3.05) is 9.80 Å². The SMILES string of the molecule is O=S1(=O)c2ccccc2N(c2cccc(-c3ccc(N(c4ccc(-c5ccccc5)cc4)c4ccc(-c5ccccc5)c(-c5ccccc5)c4)cc3)c2)c2ccccc21. The molecule has 9 aromatic rings. The average Bonchev–Trinajstić information content (AvgIpc) is 3.31. The van der Waals surface area contributed by atoms with Crippen LogP contribution in [0.15, 0.2) is 240 Å². The Balaban J connectivity index is 1.06. The molecule has 0 saturated heterocycles. The molecule has 0 amide bonds. The van der Waals surface area contributed by atoms with Gasteiger partial charge in [-0.05, 0) is 117 Å². The summed E-state index contributed by atoms with van der Waals surface area (Å²) in [6.45, 7) is 0. The van der Waals surface area contributed by atoms with E-state index in [0.717, 1.165) is 50.6 Å². The van der Waals surface area contributed by atoms with Crippen molar-refractivity contribution in [1.29, 1.82) is 0 Å². The van der Waals surface area contributed by atoms with Gasteiger partial charge < -0.3 is 9.80 Å². The Kier molecular flexibility index (Phi) is 9.21. The molecule has 1 aliphatic heterocycles. The molecule has 59 heavy (non-hydrogen) atoms. The molecule has 0 N–H and O–H groups in total. The number of hydrogen-bond donors (Lipinski definition) is 0. The van der Waals surface area contributed by atoms with Gasteiger partial charge in [0.25, 0.3) is 0 Å². The second-order valence-electron chi connectivity index (χ2n) is 14.6. The molecule has 5 heteroatoms. The van der Waals surface area contributed by atoms with Crippen LogP contribution in [0, 0.1) is 0 Å². The van der Waals surface area contributed by atoms with Gasteiger partial charge in [-0.3, -0.25) is 0 Å². The first kappa shape index (κ1) is 35.9. The molecule has 1 heterocycles. The summed E-state index contributed by atoms with van der Waals surface area (Å²) >= 11 is 0. The number of anilines is 6. The zero-order valence-electron chi connectivity index (χ0n) is 32.1. The number of sulfone groups is 1. The first-order valence-corrected chi connectivity index (χ1v) is 21.2. The van der Waals surface area contributed by atoms with Crippen LogP contribution in [0.2, 0.25) is 0 Å². The van der Waals surface area contributed by atoms with Crippen LogP contribution in [0.4, 0.5) is 34.1 Å². The summed E-state index contributed by atoms with van der Waals surface area (Å²) in [5.41, 5.74) is 14.3. The fourth-order valence-electron chi connectivity index (χ4n) is 8.17. The Hall–Kier alpha value is -7.47. The van der Waals surface area contributed by atoms with Crippen LogP contribution in [0.5, 0.6) is 0 Å². The minimum Gasteiger partial charge on any atom is -0.310 e. The standard InChI is InChI=1S/C54H38N2O2S/c57-59(58)53-25-12-10-23-51(53)56(52-24-11-13-26-54(52)59)47-22-14-21-44(37-47)41-29-33-46(34-30-41)55(45-31-27-40(28-32-45)39-15-4-1-5-16-39)48-35-36-49(42-17-6-2-7-18-42)50(38-48)43-19-8-3-9-20-43/h1-38H. The minimum atomic E-state index is -3.66. The van der Waals surface area contributed by atoms with E-state index in [2.05, 4.69) is 169 Å². The number of hydrogen-bond acceptors (Lipinski definition) is 4. The monoisotopic (exact) mass is 778 g/mol. The van der Waals surface area contributed by atoms with Gasteiger partial charge in [-0.2, -0.15) is 0 Å². The fraction of sp³-hybridized carbons (Fsp3) is 0. The third-order valence-electron chi connectivity index (χ3n) is 11.0. The van der Waals surface area contributed by atoms with Crippen molar-refractivity contribution in [1.82, 2.24) is 0 Å². The Morgan fingerprint density at radius 1 is 0.322 bits per heavy atom. The van der Waals surface area contributed by atoms with Gasteiger partial charge in [0.15, 0.2) is 0 Å². The number of benzene rings is 9. The van der Waals surface area contributed by atoms with Crippen molar-refractivity contribution >= 4 is 44.0 Å². The molecule has 0 atom stereocenters. The molecular weight excluding hydrogens is 741 g/mol. The van der Waals surface area contributed by atoms with Crippen molar-refractivity contribution in [3.63, 3.8) is 0 Å². The predicted molar refractivity (Wildman–Crippen MR) is 243 cm³/mol. The van der Waals surface area contributed by atoms with Gasteiger partial charge in [-0.25, -0.2) is 8.42 Å². The second-order valence-corrected chi connectivity index (χ2v) is 16.5. The molecule has 0 bridgehead atoms. The summed E-state index contributed by atoms with van der Waals surface area (Å²) in [5, 5.41) is 0. The third-order valence-corrected chi connectivity index (χ3v) is 12.9. The molecule has 0 fully saturated rings. The van der Waals surface area contributed by atoms with E-state index in [1.807, 2.05) is 47.4 Å². The molecular formula is C54H38N2O2S. The predicted octanol–water partition coefficient (Wildman–Crippen LogP) is 14.4. The van der Waals surface area contributed by atoms with Crippen LogP contribution in [-0.2, 0) is 9.84 Å². The van der Waals surface area contributed by atoms with Crippen LogP contribution in [-0.4, -0.2) is 8.42 Å². The molecule has 282 valence electrons. The molecule has 9 aromatic carbocycles. The van der Waals surface area contributed by atoms with Gasteiger partial charge in [-0.1, -0.05) is 158 Å². The Bertz CT molecular complexity index is 2990. The smallest absolute Gasteiger partial charge is 0.210 e. The topological polar surface area (TPSA) is 40.6 Å². The summed E-state index contributed by atoms with van der Waals surface area (Å²) in [5.74, 6) is 0. The molecule has 0 aromatic heterocycles. The van der Waals surface area contributed by atoms with Crippen LogP contribution in [0.3, 0.4) is 0 Å². The van der Waals surface area contributed by atoms with Crippen molar-refractivity contribution in [3.8, 4) is 44.5 Å².